The molecule has 0 saturated heterocycles. The number of nitrogens with zero attached hydrogens (tertiary/aromatic N) is 1. The predicted molar refractivity (Wildman–Crippen MR) is 63.3 cm³/mol. The van der Waals surface area contributed by atoms with Crippen LogP contribution in [0.4, 0.5) is 4.39 Å². The molecule has 0 saturated carbocycles. The second-order valence-corrected chi connectivity index (χ2v) is 3.88. The number of hydrogen-bond acceptors (Lipinski definition) is 4. The Kier molecular flexibility index (Phi) is 6.04. The van der Waals surface area contributed by atoms with Crippen LogP contribution in [0.2, 0.25) is 0 Å². The summed E-state index contributed by atoms with van der Waals surface area (Å²) in [6.45, 7) is 3.12. The Bertz CT molecular complexity index is 336. The summed E-state index contributed by atoms with van der Waals surface area (Å²) in [7, 11) is 3.27. The zero-order valence-electron chi connectivity index (χ0n) is 10.4. The number of rotatable bonds is 7. The van der Waals surface area contributed by atoms with Gasteiger partial charge in [0, 0.05) is 33.0 Å². The van der Waals surface area contributed by atoms with E-state index in [9.17, 15) is 4.39 Å². The van der Waals surface area contributed by atoms with Gasteiger partial charge < -0.3 is 14.8 Å². The summed E-state index contributed by atoms with van der Waals surface area (Å²) in [6.07, 6.45) is 2.84. The monoisotopic (exact) mass is 242 g/mol. The topological polar surface area (TPSA) is 43.4 Å². The number of ether oxygens (including phenoxy) is 2. The molecule has 1 aromatic rings. The average molecular weight is 242 g/mol. The maximum Gasteiger partial charge on any atom is 0.141 e. The number of hydrogen-bond donors (Lipinski definition) is 1. The van der Waals surface area contributed by atoms with Gasteiger partial charge >= 0.3 is 0 Å². The van der Waals surface area contributed by atoms with Crippen molar-refractivity contribution >= 4 is 0 Å². The maximum absolute atomic E-state index is 13.0. The van der Waals surface area contributed by atoms with Crippen molar-refractivity contribution in [3.63, 3.8) is 0 Å². The van der Waals surface area contributed by atoms with Crippen LogP contribution in [-0.2, 0) is 9.47 Å². The van der Waals surface area contributed by atoms with E-state index in [0.29, 0.717) is 13.2 Å². The number of pyridine rings is 1. The third-order valence-corrected chi connectivity index (χ3v) is 2.56. The molecule has 2 atom stereocenters. The maximum atomic E-state index is 13.0. The molecule has 0 aliphatic carbocycles. The summed E-state index contributed by atoms with van der Waals surface area (Å²) in [5.41, 5.74) is 0.817. The summed E-state index contributed by atoms with van der Waals surface area (Å²) in [6, 6.07) is 1.50. The molecule has 0 spiro atoms. The normalized spacial score (nSPS) is 14.6. The van der Waals surface area contributed by atoms with Gasteiger partial charge in [0.25, 0.3) is 0 Å². The van der Waals surface area contributed by atoms with Crippen LogP contribution >= 0.6 is 0 Å². The fourth-order valence-corrected chi connectivity index (χ4v) is 1.49. The van der Waals surface area contributed by atoms with Crippen LogP contribution in [-0.4, -0.2) is 38.5 Å². The van der Waals surface area contributed by atoms with Crippen molar-refractivity contribution in [2.45, 2.75) is 19.1 Å². The second kappa shape index (κ2) is 7.32. The van der Waals surface area contributed by atoms with E-state index < -0.39 is 0 Å². The lowest BCUT2D eigenvalue weighted by Crippen LogP contribution is -2.33. The van der Waals surface area contributed by atoms with Crippen LogP contribution in [0.1, 0.15) is 18.5 Å². The highest BCUT2D eigenvalue weighted by Crippen LogP contribution is 2.11. The van der Waals surface area contributed by atoms with Gasteiger partial charge in [-0.25, -0.2) is 4.39 Å². The Morgan fingerprint density at radius 1 is 1.41 bits per heavy atom. The third kappa shape index (κ3) is 4.77. The first kappa shape index (κ1) is 14.0. The number of nitrogens with one attached hydrogen (secondary N) is 1. The van der Waals surface area contributed by atoms with Crippen LogP contribution in [0.15, 0.2) is 18.5 Å². The molecule has 0 aliphatic heterocycles. The molecule has 0 amide bonds. The van der Waals surface area contributed by atoms with Gasteiger partial charge in [-0.3, -0.25) is 4.98 Å². The van der Waals surface area contributed by atoms with Gasteiger partial charge in [-0.2, -0.15) is 0 Å². The lowest BCUT2D eigenvalue weighted by Gasteiger charge is -2.19. The summed E-state index contributed by atoms with van der Waals surface area (Å²) in [5, 5.41) is 3.25. The fourth-order valence-electron chi connectivity index (χ4n) is 1.49. The van der Waals surface area contributed by atoms with Crippen molar-refractivity contribution in [3.05, 3.63) is 29.8 Å². The third-order valence-electron chi connectivity index (χ3n) is 2.56. The van der Waals surface area contributed by atoms with E-state index in [-0.39, 0.29) is 18.0 Å². The van der Waals surface area contributed by atoms with E-state index >= 15 is 0 Å². The van der Waals surface area contributed by atoms with Gasteiger partial charge in [0.1, 0.15) is 5.82 Å². The molecule has 0 fully saturated rings. The molecular formula is C12H19FN2O2. The first-order valence-electron chi connectivity index (χ1n) is 5.53. The van der Waals surface area contributed by atoms with E-state index in [1.165, 1.54) is 12.3 Å². The van der Waals surface area contributed by atoms with E-state index in [4.69, 9.17) is 9.47 Å². The van der Waals surface area contributed by atoms with Crippen LogP contribution in [0.3, 0.4) is 0 Å². The Labute approximate surface area is 101 Å². The zero-order valence-corrected chi connectivity index (χ0v) is 10.4. The molecule has 1 aromatic heterocycles. The molecule has 0 bridgehead atoms. The molecule has 2 unspecified atom stereocenters. The second-order valence-electron chi connectivity index (χ2n) is 3.88. The average Bonchev–Trinajstić information content (AvgIpc) is 2.34. The molecule has 0 aromatic carbocycles. The molecule has 17 heavy (non-hydrogen) atoms. The van der Waals surface area contributed by atoms with Gasteiger partial charge in [0.05, 0.1) is 18.9 Å². The first-order valence-corrected chi connectivity index (χ1v) is 5.53. The van der Waals surface area contributed by atoms with E-state index in [1.54, 1.807) is 20.4 Å². The highest BCUT2D eigenvalue weighted by molar-refractivity contribution is 5.14. The van der Waals surface area contributed by atoms with Gasteiger partial charge in [0.2, 0.25) is 0 Å². The van der Waals surface area contributed by atoms with E-state index in [0.717, 1.165) is 5.56 Å². The predicted octanol–water partition coefficient (Wildman–Crippen LogP) is 1.53. The first-order chi connectivity index (χ1) is 8.17. The zero-order chi connectivity index (χ0) is 12.7. The lowest BCUT2D eigenvalue weighted by atomic mass is 10.1. The number of halogens is 1. The van der Waals surface area contributed by atoms with Gasteiger partial charge in [-0.05, 0) is 18.6 Å². The minimum absolute atomic E-state index is 0.0102. The molecule has 0 radical (unpaired) electrons. The minimum atomic E-state index is -0.323. The molecule has 1 N–H and O–H groups in total. The van der Waals surface area contributed by atoms with Crippen LogP contribution in [0.25, 0.3) is 0 Å². The molecule has 1 heterocycles. The number of methoxy groups -OCH3 is 2. The van der Waals surface area contributed by atoms with E-state index in [2.05, 4.69) is 10.3 Å². The summed E-state index contributed by atoms with van der Waals surface area (Å²) >= 11 is 0. The minimum Gasteiger partial charge on any atom is -0.382 e. The standard InChI is InChI=1S/C12H19FN2O2/c1-9(10-4-11(13)6-14-5-10)15-7-12(17-3)8-16-2/h4-6,9,12,15H,7-8H2,1-3H3. The molecule has 1 rings (SSSR count). The van der Waals surface area contributed by atoms with Crippen LogP contribution < -0.4 is 5.32 Å². The lowest BCUT2D eigenvalue weighted by molar-refractivity contribution is 0.0276. The Balaban J connectivity index is 2.46. The van der Waals surface area contributed by atoms with Gasteiger partial charge in [0.15, 0.2) is 0 Å². The van der Waals surface area contributed by atoms with Crippen molar-refractivity contribution in [1.82, 2.24) is 10.3 Å². The van der Waals surface area contributed by atoms with Crippen LogP contribution in [0.5, 0.6) is 0 Å². The molecule has 96 valence electrons. The fraction of sp³-hybridized carbons (Fsp3) is 0.583. The van der Waals surface area contributed by atoms with Gasteiger partial charge in [-0.15, -0.1) is 0 Å². The molecular weight excluding hydrogens is 223 g/mol. The van der Waals surface area contributed by atoms with Crippen molar-refractivity contribution in [2.24, 2.45) is 0 Å². The Morgan fingerprint density at radius 3 is 2.76 bits per heavy atom. The SMILES string of the molecule is COCC(CNC(C)c1cncc(F)c1)OC. The Morgan fingerprint density at radius 2 is 2.18 bits per heavy atom. The Hall–Kier alpha value is -1.04. The smallest absolute Gasteiger partial charge is 0.141 e. The summed E-state index contributed by atoms with van der Waals surface area (Å²) in [5.74, 6) is -0.323. The van der Waals surface area contributed by atoms with Crippen molar-refractivity contribution < 1.29 is 13.9 Å². The molecule has 5 heteroatoms. The molecule has 4 nitrogen and oxygen atoms in total. The van der Waals surface area contributed by atoms with Crippen LogP contribution in [0, 0.1) is 5.82 Å². The van der Waals surface area contributed by atoms with Gasteiger partial charge in [-0.1, -0.05) is 0 Å². The quantitative estimate of drug-likeness (QED) is 0.787. The van der Waals surface area contributed by atoms with Crippen molar-refractivity contribution in [1.29, 1.82) is 0 Å². The van der Waals surface area contributed by atoms with Crippen molar-refractivity contribution in [2.75, 3.05) is 27.4 Å². The van der Waals surface area contributed by atoms with E-state index in [1.807, 2.05) is 6.92 Å². The number of aromatic nitrogens is 1. The summed E-state index contributed by atoms with van der Waals surface area (Å²) in [4.78, 5) is 3.82. The molecule has 0 aliphatic rings. The highest BCUT2D eigenvalue weighted by Gasteiger charge is 2.11. The largest absolute Gasteiger partial charge is 0.382 e. The highest BCUT2D eigenvalue weighted by atomic mass is 19.1. The van der Waals surface area contributed by atoms with Crippen molar-refractivity contribution in [3.8, 4) is 0 Å². The summed E-state index contributed by atoms with van der Waals surface area (Å²) < 4.78 is 23.2.